The molecule has 9 heteroatoms. The first kappa shape index (κ1) is 20.5. The second kappa shape index (κ2) is 7.49. The van der Waals surface area contributed by atoms with Gasteiger partial charge in [0.05, 0.1) is 13.0 Å². The Morgan fingerprint density at radius 2 is 1.83 bits per heavy atom. The second-order valence-electron chi connectivity index (χ2n) is 8.93. The highest BCUT2D eigenvalue weighted by Gasteiger charge is 2.54. The largest absolute Gasteiger partial charge is 0.417 e. The Morgan fingerprint density at radius 1 is 1.17 bits per heavy atom. The molecular weight excluding hydrogens is 385 g/mol. The van der Waals surface area contributed by atoms with Crippen LogP contribution in [0, 0.1) is 5.92 Å². The monoisotopic (exact) mass is 414 g/mol. The zero-order chi connectivity index (χ0) is 20.8. The summed E-state index contributed by atoms with van der Waals surface area (Å²) in [6.45, 7) is 0.855. The van der Waals surface area contributed by atoms with E-state index < -0.39 is 11.8 Å². The Labute approximate surface area is 168 Å². The van der Waals surface area contributed by atoms with Gasteiger partial charge in [0.2, 0.25) is 0 Å². The maximum atomic E-state index is 13.1. The summed E-state index contributed by atoms with van der Waals surface area (Å²) in [5, 5.41) is 9.91. The highest BCUT2D eigenvalue weighted by molar-refractivity contribution is 5.99. The van der Waals surface area contributed by atoms with Gasteiger partial charge in [0, 0.05) is 19.6 Å². The number of carbonyl (C=O) groups is 1. The van der Waals surface area contributed by atoms with Gasteiger partial charge in [-0.2, -0.15) is 13.2 Å². The van der Waals surface area contributed by atoms with Gasteiger partial charge >= 0.3 is 6.18 Å². The number of aromatic nitrogens is 2. The van der Waals surface area contributed by atoms with E-state index in [0.29, 0.717) is 24.9 Å². The molecule has 1 amide bonds. The number of aliphatic hydroxyl groups is 1. The molecule has 0 aromatic carbocycles. The fourth-order valence-corrected chi connectivity index (χ4v) is 5.09. The van der Waals surface area contributed by atoms with E-state index in [0.717, 1.165) is 31.5 Å². The third-order valence-electron chi connectivity index (χ3n) is 6.96. The van der Waals surface area contributed by atoms with Gasteiger partial charge in [-0.3, -0.25) is 4.79 Å². The van der Waals surface area contributed by atoms with Crippen molar-refractivity contribution in [3.05, 3.63) is 12.0 Å². The molecule has 0 radical (unpaired) electrons. The van der Waals surface area contributed by atoms with Crippen LogP contribution in [0.25, 0.3) is 0 Å². The summed E-state index contributed by atoms with van der Waals surface area (Å²) < 4.78 is 41.0. The Balaban J connectivity index is 1.48. The molecule has 162 valence electrons. The van der Waals surface area contributed by atoms with E-state index in [2.05, 4.69) is 9.88 Å². The van der Waals surface area contributed by atoms with Crippen molar-refractivity contribution < 1.29 is 23.1 Å². The van der Waals surface area contributed by atoms with Gasteiger partial charge < -0.3 is 19.5 Å². The summed E-state index contributed by atoms with van der Waals surface area (Å²) in [4.78, 5) is 21.5. The van der Waals surface area contributed by atoms with Gasteiger partial charge in [-0.15, -0.1) is 0 Å². The molecule has 0 bridgehead atoms. The van der Waals surface area contributed by atoms with Crippen LogP contribution >= 0.6 is 0 Å². The summed E-state index contributed by atoms with van der Waals surface area (Å²) in [5.74, 6) is 0.587. The quantitative estimate of drug-likeness (QED) is 0.823. The Kier molecular flexibility index (Phi) is 5.29. The summed E-state index contributed by atoms with van der Waals surface area (Å²) >= 11 is 0. The van der Waals surface area contributed by atoms with Crippen LogP contribution in [0.3, 0.4) is 0 Å². The second-order valence-corrected chi connectivity index (χ2v) is 8.93. The van der Waals surface area contributed by atoms with E-state index in [-0.39, 0.29) is 37.5 Å². The Morgan fingerprint density at radius 3 is 2.45 bits per heavy atom. The molecule has 2 fully saturated rings. The van der Waals surface area contributed by atoms with Crippen molar-refractivity contribution in [2.75, 3.05) is 18.1 Å². The number of alkyl halides is 3. The van der Waals surface area contributed by atoms with E-state index in [1.54, 1.807) is 22.8 Å². The number of imidazole rings is 1. The van der Waals surface area contributed by atoms with Gasteiger partial charge in [-0.05, 0) is 44.4 Å². The van der Waals surface area contributed by atoms with Crippen molar-refractivity contribution in [1.29, 1.82) is 0 Å². The predicted octanol–water partition coefficient (Wildman–Crippen LogP) is 3.46. The molecule has 0 saturated heterocycles. The molecule has 0 spiro atoms. The molecule has 2 saturated carbocycles. The van der Waals surface area contributed by atoms with Crippen LogP contribution < -0.4 is 4.90 Å². The highest BCUT2D eigenvalue weighted by Crippen LogP contribution is 2.43. The van der Waals surface area contributed by atoms with Crippen LogP contribution in [-0.2, 0) is 7.05 Å². The number of anilines is 1. The van der Waals surface area contributed by atoms with Crippen molar-refractivity contribution in [1.82, 2.24) is 14.5 Å². The van der Waals surface area contributed by atoms with E-state index in [1.807, 2.05) is 0 Å². The Hall–Kier alpha value is -1.77. The lowest BCUT2D eigenvalue weighted by Gasteiger charge is -2.44. The van der Waals surface area contributed by atoms with Crippen LogP contribution in [0.4, 0.5) is 19.0 Å². The number of fused-ring (bicyclic) bond motifs is 1. The minimum atomic E-state index is -4.60. The smallest absolute Gasteiger partial charge is 0.380 e. The maximum absolute atomic E-state index is 13.1. The number of amides is 1. The van der Waals surface area contributed by atoms with Crippen LogP contribution in [0.2, 0.25) is 0 Å². The molecule has 1 aromatic rings. The average Bonchev–Trinajstić information content (AvgIpc) is 3.08. The van der Waals surface area contributed by atoms with Gasteiger partial charge in [-0.25, -0.2) is 4.98 Å². The zero-order valence-corrected chi connectivity index (χ0v) is 16.8. The number of hydrogen-bond acceptors (Lipinski definition) is 4. The molecule has 2 aliphatic carbocycles. The standard InChI is InChI=1S/C20H29F3N4O2/c1-25-12-24-17-16(25)18(28)26(13-27(17)15-5-3-2-4-6-15)11-14-7-9-19(29,10-8-14)20(21,22)23/h12,14-15,29H,2-11,13H2,1H3. The van der Waals surface area contributed by atoms with Crippen LogP contribution in [0.5, 0.6) is 0 Å². The number of rotatable bonds is 3. The van der Waals surface area contributed by atoms with Crippen molar-refractivity contribution in [3.8, 4) is 0 Å². The minimum Gasteiger partial charge on any atom is -0.380 e. The molecule has 29 heavy (non-hydrogen) atoms. The van der Waals surface area contributed by atoms with Gasteiger partial charge in [0.1, 0.15) is 0 Å². The summed E-state index contributed by atoms with van der Waals surface area (Å²) in [5.41, 5.74) is -2.02. The van der Waals surface area contributed by atoms with Crippen molar-refractivity contribution in [2.24, 2.45) is 13.0 Å². The first-order valence-electron chi connectivity index (χ1n) is 10.6. The van der Waals surface area contributed by atoms with E-state index in [4.69, 9.17) is 0 Å². The first-order chi connectivity index (χ1) is 13.7. The molecular formula is C20H29F3N4O2. The molecule has 3 aliphatic rings. The normalized spacial score (nSPS) is 29.3. The van der Waals surface area contributed by atoms with Crippen molar-refractivity contribution in [2.45, 2.75) is 75.6 Å². The predicted molar refractivity (Wildman–Crippen MR) is 101 cm³/mol. The third kappa shape index (κ3) is 3.73. The molecule has 1 N–H and O–H groups in total. The number of nitrogens with zero attached hydrogens (tertiary/aromatic N) is 4. The SMILES string of the molecule is Cn1cnc2c1C(=O)N(CC1CCC(O)(C(F)(F)F)CC1)CN2C1CCCCC1. The summed E-state index contributed by atoms with van der Waals surface area (Å²) in [6.07, 6.45) is 2.69. The molecule has 2 heterocycles. The maximum Gasteiger partial charge on any atom is 0.417 e. The van der Waals surface area contributed by atoms with Crippen molar-refractivity contribution >= 4 is 11.7 Å². The number of aryl methyl sites for hydroxylation is 1. The van der Waals surface area contributed by atoms with E-state index in [9.17, 15) is 23.1 Å². The molecule has 4 rings (SSSR count). The topological polar surface area (TPSA) is 61.6 Å². The molecule has 0 atom stereocenters. The van der Waals surface area contributed by atoms with Gasteiger partial charge in [0.25, 0.3) is 5.91 Å². The fraction of sp³-hybridized carbons (Fsp3) is 0.800. The van der Waals surface area contributed by atoms with Gasteiger partial charge in [-0.1, -0.05) is 19.3 Å². The van der Waals surface area contributed by atoms with Gasteiger partial charge in [0.15, 0.2) is 17.1 Å². The van der Waals surface area contributed by atoms with Crippen molar-refractivity contribution in [3.63, 3.8) is 0 Å². The minimum absolute atomic E-state index is 0.0374. The molecule has 1 aliphatic heterocycles. The number of carbonyl (C=O) groups excluding carboxylic acids is 1. The van der Waals surface area contributed by atoms with E-state index in [1.165, 1.54) is 6.42 Å². The van der Waals surface area contributed by atoms with E-state index >= 15 is 0 Å². The lowest BCUT2D eigenvalue weighted by atomic mass is 9.78. The molecule has 6 nitrogen and oxygen atoms in total. The summed E-state index contributed by atoms with van der Waals surface area (Å²) in [7, 11) is 1.80. The van der Waals surface area contributed by atoms with Crippen LogP contribution in [0.15, 0.2) is 6.33 Å². The van der Waals surface area contributed by atoms with Crippen LogP contribution in [0.1, 0.15) is 68.3 Å². The first-order valence-corrected chi connectivity index (χ1v) is 10.6. The third-order valence-corrected chi connectivity index (χ3v) is 6.96. The lowest BCUT2D eigenvalue weighted by molar-refractivity contribution is -0.272. The van der Waals surface area contributed by atoms with Crippen LogP contribution in [-0.4, -0.2) is 56.5 Å². The average molecular weight is 414 g/mol. The molecule has 1 aromatic heterocycles. The Bertz CT molecular complexity index is 749. The zero-order valence-electron chi connectivity index (χ0n) is 16.8. The number of halogens is 3. The number of hydrogen-bond donors (Lipinski definition) is 1. The summed E-state index contributed by atoms with van der Waals surface area (Å²) in [6, 6.07) is 0.342. The molecule has 0 unspecified atom stereocenters. The lowest BCUT2D eigenvalue weighted by Crippen LogP contribution is -2.54. The fourth-order valence-electron chi connectivity index (χ4n) is 5.09. The highest BCUT2D eigenvalue weighted by atomic mass is 19.4.